The summed E-state index contributed by atoms with van der Waals surface area (Å²) in [5, 5.41) is 2.90. The summed E-state index contributed by atoms with van der Waals surface area (Å²) >= 11 is 0. The van der Waals surface area contributed by atoms with Crippen molar-refractivity contribution in [1.29, 1.82) is 0 Å². The van der Waals surface area contributed by atoms with Crippen molar-refractivity contribution in [2.75, 3.05) is 23.3 Å². The number of amides is 1. The number of aliphatic imine (C=N–C) groups is 1. The molecule has 1 fully saturated rings. The van der Waals surface area contributed by atoms with Gasteiger partial charge in [0.05, 0.1) is 5.69 Å². The number of anilines is 2. The Kier molecular flexibility index (Phi) is 4.26. The highest BCUT2D eigenvalue weighted by Crippen LogP contribution is 2.31. The topological polar surface area (TPSA) is 44.7 Å². The summed E-state index contributed by atoms with van der Waals surface area (Å²) in [5.74, 6) is 0.440. The summed E-state index contributed by atoms with van der Waals surface area (Å²) in [6.07, 6.45) is 4.33. The molecule has 25 heavy (non-hydrogen) atoms. The van der Waals surface area contributed by atoms with E-state index in [2.05, 4.69) is 34.3 Å². The van der Waals surface area contributed by atoms with Gasteiger partial charge in [-0.3, -0.25) is 9.79 Å². The molecule has 4 nitrogen and oxygen atoms in total. The number of carbonyl (C=O) groups is 1. The van der Waals surface area contributed by atoms with E-state index in [1.165, 1.54) is 18.5 Å². The van der Waals surface area contributed by atoms with Crippen molar-refractivity contribution in [1.82, 2.24) is 0 Å². The van der Waals surface area contributed by atoms with Gasteiger partial charge in [-0.2, -0.15) is 0 Å². The van der Waals surface area contributed by atoms with Gasteiger partial charge in [-0.1, -0.05) is 25.1 Å². The number of para-hydroxylation sites is 1. The highest BCUT2D eigenvalue weighted by atomic mass is 16.2. The lowest BCUT2D eigenvalue weighted by atomic mass is 10.00. The average Bonchev–Trinajstić information content (AvgIpc) is 2.95. The summed E-state index contributed by atoms with van der Waals surface area (Å²) < 4.78 is 0. The fraction of sp³-hybridized carbons (Fsp3) is 0.333. The van der Waals surface area contributed by atoms with Gasteiger partial charge < -0.3 is 10.2 Å². The number of hydrogen-bond acceptors (Lipinski definition) is 3. The minimum absolute atomic E-state index is 0.0103. The van der Waals surface area contributed by atoms with Crippen molar-refractivity contribution in [3.63, 3.8) is 0 Å². The second-order valence-corrected chi connectivity index (χ2v) is 7.04. The van der Waals surface area contributed by atoms with Crippen LogP contribution in [0.15, 0.2) is 53.5 Å². The molecule has 1 amide bonds. The summed E-state index contributed by atoms with van der Waals surface area (Å²) in [6.45, 7) is 4.57. The second kappa shape index (κ2) is 6.71. The first-order chi connectivity index (χ1) is 12.2. The minimum Gasteiger partial charge on any atom is -0.371 e. The fourth-order valence-electron chi connectivity index (χ4n) is 3.72. The maximum Gasteiger partial charge on any atom is 0.237 e. The van der Waals surface area contributed by atoms with E-state index in [1.807, 2.05) is 36.4 Å². The molecule has 4 heteroatoms. The third-order valence-electron chi connectivity index (χ3n) is 5.08. The van der Waals surface area contributed by atoms with Crippen LogP contribution in [0.5, 0.6) is 0 Å². The highest BCUT2D eigenvalue weighted by Gasteiger charge is 2.28. The van der Waals surface area contributed by atoms with Crippen molar-refractivity contribution in [3.8, 4) is 0 Å². The quantitative estimate of drug-likeness (QED) is 0.848. The molecular formula is C21H23N3O. The van der Waals surface area contributed by atoms with Crippen LogP contribution in [0.1, 0.15) is 31.2 Å². The van der Waals surface area contributed by atoms with Crippen LogP contribution in [-0.4, -0.2) is 25.2 Å². The number of benzene rings is 2. The van der Waals surface area contributed by atoms with Crippen LogP contribution in [0, 0.1) is 5.92 Å². The van der Waals surface area contributed by atoms with Crippen LogP contribution in [-0.2, 0) is 4.79 Å². The van der Waals surface area contributed by atoms with Gasteiger partial charge in [-0.25, -0.2) is 0 Å². The third-order valence-corrected chi connectivity index (χ3v) is 5.08. The van der Waals surface area contributed by atoms with E-state index in [4.69, 9.17) is 0 Å². The molecular weight excluding hydrogens is 310 g/mol. The molecule has 4 rings (SSSR count). The highest BCUT2D eigenvalue weighted by molar-refractivity contribution is 6.12. The lowest BCUT2D eigenvalue weighted by Crippen LogP contribution is -2.34. The lowest BCUT2D eigenvalue weighted by Gasteiger charge is -2.32. The Balaban J connectivity index is 1.48. The minimum atomic E-state index is -0.307. The van der Waals surface area contributed by atoms with Crippen molar-refractivity contribution in [3.05, 3.63) is 54.1 Å². The molecule has 2 aromatic rings. The Hall–Kier alpha value is -2.62. The summed E-state index contributed by atoms with van der Waals surface area (Å²) in [4.78, 5) is 19.1. The Bertz CT molecular complexity index is 797. The van der Waals surface area contributed by atoms with Crippen molar-refractivity contribution in [2.24, 2.45) is 10.9 Å². The molecule has 1 saturated heterocycles. The van der Waals surface area contributed by atoms with Gasteiger partial charge in [0.1, 0.15) is 5.92 Å². The largest absolute Gasteiger partial charge is 0.371 e. The smallest absolute Gasteiger partial charge is 0.237 e. The van der Waals surface area contributed by atoms with E-state index in [-0.39, 0.29) is 11.8 Å². The molecule has 128 valence electrons. The maximum absolute atomic E-state index is 12.1. The Labute approximate surface area is 148 Å². The van der Waals surface area contributed by atoms with Gasteiger partial charge in [-0.05, 0) is 54.7 Å². The molecule has 2 aliphatic heterocycles. The number of hydrogen-bond donors (Lipinski definition) is 1. The van der Waals surface area contributed by atoms with E-state index in [9.17, 15) is 4.79 Å². The average molecular weight is 333 g/mol. The normalized spacial score (nSPS) is 22.9. The standard InChI is InChI=1S/C21H23N3O/c1-15-5-4-12-24(14-15)17-10-8-16(9-11-17)22-13-19-18-6-2-3-7-20(18)23-21(19)25/h2-3,6-11,13,15,19H,4-5,12,14H2,1H3,(H,23,25). The fourth-order valence-corrected chi connectivity index (χ4v) is 3.72. The van der Waals surface area contributed by atoms with Crippen LogP contribution in [0.3, 0.4) is 0 Å². The van der Waals surface area contributed by atoms with Gasteiger partial charge in [-0.15, -0.1) is 0 Å². The zero-order valence-corrected chi connectivity index (χ0v) is 14.5. The Morgan fingerprint density at radius 2 is 1.96 bits per heavy atom. The van der Waals surface area contributed by atoms with Crippen LogP contribution in [0.25, 0.3) is 0 Å². The second-order valence-electron chi connectivity index (χ2n) is 7.04. The molecule has 0 spiro atoms. The number of fused-ring (bicyclic) bond motifs is 1. The molecule has 0 aromatic heterocycles. The summed E-state index contributed by atoms with van der Waals surface area (Å²) in [5.41, 5.74) is 4.02. The number of carbonyl (C=O) groups excluding carboxylic acids is 1. The van der Waals surface area contributed by atoms with Crippen LogP contribution in [0.4, 0.5) is 17.1 Å². The predicted octanol–water partition coefficient (Wildman–Crippen LogP) is 4.36. The molecule has 2 atom stereocenters. The number of piperidine rings is 1. The predicted molar refractivity (Wildman–Crippen MR) is 103 cm³/mol. The Morgan fingerprint density at radius 1 is 1.16 bits per heavy atom. The maximum atomic E-state index is 12.1. The molecule has 0 bridgehead atoms. The zero-order chi connectivity index (χ0) is 17.2. The van der Waals surface area contributed by atoms with Gasteiger partial charge in [0.15, 0.2) is 0 Å². The van der Waals surface area contributed by atoms with Crippen molar-refractivity contribution < 1.29 is 4.79 Å². The van der Waals surface area contributed by atoms with E-state index < -0.39 is 0 Å². The molecule has 0 saturated carbocycles. The van der Waals surface area contributed by atoms with Gasteiger partial charge >= 0.3 is 0 Å². The molecule has 2 aliphatic rings. The molecule has 2 heterocycles. The first-order valence-corrected chi connectivity index (χ1v) is 9.00. The van der Waals surface area contributed by atoms with Crippen LogP contribution >= 0.6 is 0 Å². The summed E-state index contributed by atoms with van der Waals surface area (Å²) in [6, 6.07) is 16.1. The zero-order valence-electron chi connectivity index (χ0n) is 14.5. The first-order valence-electron chi connectivity index (χ1n) is 9.00. The molecule has 0 radical (unpaired) electrons. The van der Waals surface area contributed by atoms with Gasteiger partial charge in [0, 0.05) is 30.7 Å². The molecule has 2 aromatic carbocycles. The number of nitrogens with zero attached hydrogens (tertiary/aromatic N) is 2. The van der Waals surface area contributed by atoms with E-state index in [0.29, 0.717) is 0 Å². The monoisotopic (exact) mass is 333 g/mol. The van der Waals surface area contributed by atoms with Crippen molar-refractivity contribution >= 4 is 29.2 Å². The van der Waals surface area contributed by atoms with Gasteiger partial charge in [0.25, 0.3) is 0 Å². The van der Waals surface area contributed by atoms with Crippen LogP contribution in [0.2, 0.25) is 0 Å². The molecule has 2 unspecified atom stereocenters. The van der Waals surface area contributed by atoms with E-state index >= 15 is 0 Å². The van der Waals surface area contributed by atoms with E-state index in [0.717, 1.165) is 35.9 Å². The summed E-state index contributed by atoms with van der Waals surface area (Å²) in [7, 11) is 0. The van der Waals surface area contributed by atoms with Gasteiger partial charge in [0.2, 0.25) is 5.91 Å². The van der Waals surface area contributed by atoms with Crippen molar-refractivity contribution in [2.45, 2.75) is 25.7 Å². The van der Waals surface area contributed by atoms with Crippen LogP contribution < -0.4 is 10.2 Å². The third kappa shape index (κ3) is 3.29. The Morgan fingerprint density at radius 3 is 2.76 bits per heavy atom. The number of nitrogens with one attached hydrogen (secondary N) is 1. The SMILES string of the molecule is CC1CCCN(c2ccc(N=CC3C(=O)Nc4ccccc43)cc2)C1. The number of rotatable bonds is 3. The first kappa shape index (κ1) is 15.9. The van der Waals surface area contributed by atoms with E-state index in [1.54, 1.807) is 6.21 Å². The lowest BCUT2D eigenvalue weighted by molar-refractivity contribution is -0.115. The molecule has 0 aliphatic carbocycles. The molecule has 1 N–H and O–H groups in total.